The van der Waals surface area contributed by atoms with E-state index in [-0.39, 0.29) is 0 Å². The molecule has 68 valence electrons. The van der Waals surface area contributed by atoms with Gasteiger partial charge in [-0.15, -0.1) is 0 Å². The van der Waals surface area contributed by atoms with Crippen molar-refractivity contribution in [2.75, 3.05) is 0 Å². The number of aryl methyl sites for hydroxylation is 2. The van der Waals surface area contributed by atoms with Crippen molar-refractivity contribution < 1.29 is 4.79 Å². The number of aldehydes is 1. The Balaban J connectivity index is 2.50. The lowest BCUT2D eigenvalue weighted by molar-refractivity contribution is 0.112. The average Bonchev–Trinajstić information content (AvgIpc) is 2.17. The summed E-state index contributed by atoms with van der Waals surface area (Å²) < 4.78 is 0.933. The van der Waals surface area contributed by atoms with Crippen LogP contribution in [0.5, 0.6) is 0 Å². The van der Waals surface area contributed by atoms with Gasteiger partial charge in [0.2, 0.25) is 0 Å². The Morgan fingerprint density at radius 1 is 1.15 bits per heavy atom. The Bertz CT molecular complexity index is 344. The summed E-state index contributed by atoms with van der Waals surface area (Å²) >= 11 is 3.40. The molecule has 0 saturated heterocycles. The topological polar surface area (TPSA) is 17.1 Å². The molecule has 0 aromatic heterocycles. The molecule has 0 fully saturated rings. The van der Waals surface area contributed by atoms with Crippen molar-refractivity contribution in [1.82, 2.24) is 0 Å². The van der Waals surface area contributed by atoms with Crippen molar-refractivity contribution in [3.8, 4) is 0 Å². The van der Waals surface area contributed by atoms with Crippen molar-refractivity contribution in [3.05, 3.63) is 33.3 Å². The molecule has 0 heterocycles. The average molecular weight is 239 g/mol. The lowest BCUT2D eigenvalue weighted by Gasteiger charge is -2.16. The maximum absolute atomic E-state index is 10.7. The van der Waals surface area contributed by atoms with E-state index in [0.29, 0.717) is 0 Å². The SMILES string of the molecule is O=Cc1cc2c(cc1Br)CCCC2. The summed E-state index contributed by atoms with van der Waals surface area (Å²) in [5.41, 5.74) is 3.54. The number of hydrogen-bond donors (Lipinski definition) is 0. The summed E-state index contributed by atoms with van der Waals surface area (Å²) in [5.74, 6) is 0. The van der Waals surface area contributed by atoms with Crippen molar-refractivity contribution in [2.45, 2.75) is 25.7 Å². The first-order valence-electron chi connectivity index (χ1n) is 4.58. The normalized spacial score (nSPS) is 15.2. The fourth-order valence-electron chi connectivity index (χ4n) is 1.87. The smallest absolute Gasteiger partial charge is 0.151 e. The zero-order valence-electron chi connectivity index (χ0n) is 7.35. The molecule has 1 nitrogen and oxygen atoms in total. The Kier molecular flexibility index (Phi) is 2.49. The first kappa shape index (κ1) is 8.95. The van der Waals surface area contributed by atoms with Crippen molar-refractivity contribution in [3.63, 3.8) is 0 Å². The van der Waals surface area contributed by atoms with E-state index < -0.39 is 0 Å². The number of carbonyl (C=O) groups excluding carboxylic acids is 1. The molecule has 0 radical (unpaired) electrons. The van der Waals surface area contributed by atoms with Gasteiger partial charge >= 0.3 is 0 Å². The third-order valence-corrected chi connectivity index (χ3v) is 3.27. The number of halogens is 1. The molecule has 0 N–H and O–H groups in total. The van der Waals surface area contributed by atoms with Crippen LogP contribution < -0.4 is 0 Å². The van der Waals surface area contributed by atoms with Crippen LogP contribution in [0.2, 0.25) is 0 Å². The largest absolute Gasteiger partial charge is 0.298 e. The highest BCUT2D eigenvalue weighted by Crippen LogP contribution is 2.26. The first-order valence-corrected chi connectivity index (χ1v) is 5.37. The van der Waals surface area contributed by atoms with Gasteiger partial charge < -0.3 is 0 Å². The summed E-state index contributed by atoms with van der Waals surface area (Å²) in [6, 6.07) is 4.11. The van der Waals surface area contributed by atoms with E-state index in [1.807, 2.05) is 6.07 Å². The van der Waals surface area contributed by atoms with E-state index in [1.165, 1.54) is 24.0 Å². The number of carbonyl (C=O) groups is 1. The van der Waals surface area contributed by atoms with E-state index in [4.69, 9.17) is 0 Å². The van der Waals surface area contributed by atoms with Crippen LogP contribution in [0.3, 0.4) is 0 Å². The molecular formula is C11H11BrO. The second-order valence-electron chi connectivity index (χ2n) is 3.47. The van der Waals surface area contributed by atoms with Crippen molar-refractivity contribution >= 4 is 22.2 Å². The zero-order valence-corrected chi connectivity index (χ0v) is 8.93. The Morgan fingerprint density at radius 2 is 1.77 bits per heavy atom. The van der Waals surface area contributed by atoms with Gasteiger partial charge in [-0.3, -0.25) is 4.79 Å². The summed E-state index contributed by atoms with van der Waals surface area (Å²) in [6.45, 7) is 0. The predicted molar refractivity (Wildman–Crippen MR) is 56.2 cm³/mol. The van der Waals surface area contributed by atoms with Crippen LogP contribution in [0.25, 0.3) is 0 Å². The molecule has 0 spiro atoms. The Morgan fingerprint density at radius 3 is 2.38 bits per heavy atom. The molecular weight excluding hydrogens is 228 g/mol. The summed E-state index contributed by atoms with van der Waals surface area (Å²) in [5, 5.41) is 0. The van der Waals surface area contributed by atoms with Gasteiger partial charge in [0.1, 0.15) is 0 Å². The molecule has 1 aromatic rings. The second kappa shape index (κ2) is 3.62. The van der Waals surface area contributed by atoms with Gasteiger partial charge in [-0.1, -0.05) is 15.9 Å². The van der Waals surface area contributed by atoms with Crippen LogP contribution in [-0.4, -0.2) is 6.29 Å². The van der Waals surface area contributed by atoms with Gasteiger partial charge in [0, 0.05) is 10.0 Å². The standard InChI is InChI=1S/C11H11BrO/c12-11-6-9-4-2-1-3-8(9)5-10(11)7-13/h5-7H,1-4H2. The molecule has 1 aliphatic rings. The highest BCUT2D eigenvalue weighted by atomic mass is 79.9. The molecule has 1 aromatic carbocycles. The Labute approximate surface area is 86.3 Å². The molecule has 13 heavy (non-hydrogen) atoms. The van der Waals surface area contributed by atoms with E-state index in [0.717, 1.165) is 29.2 Å². The van der Waals surface area contributed by atoms with E-state index in [9.17, 15) is 4.79 Å². The van der Waals surface area contributed by atoms with Gasteiger partial charge in [-0.25, -0.2) is 0 Å². The van der Waals surface area contributed by atoms with Crippen LogP contribution in [0.15, 0.2) is 16.6 Å². The van der Waals surface area contributed by atoms with Gasteiger partial charge in [0.15, 0.2) is 6.29 Å². The highest BCUT2D eigenvalue weighted by Gasteiger charge is 2.11. The van der Waals surface area contributed by atoms with Gasteiger partial charge in [-0.05, 0) is 48.9 Å². The van der Waals surface area contributed by atoms with Crippen LogP contribution in [0, 0.1) is 0 Å². The third-order valence-electron chi connectivity index (χ3n) is 2.59. The molecule has 2 rings (SSSR count). The zero-order chi connectivity index (χ0) is 9.26. The quantitative estimate of drug-likeness (QED) is 0.688. The molecule has 0 unspecified atom stereocenters. The van der Waals surface area contributed by atoms with Crippen LogP contribution in [0.1, 0.15) is 34.3 Å². The fraction of sp³-hybridized carbons (Fsp3) is 0.364. The number of benzene rings is 1. The van der Waals surface area contributed by atoms with E-state index in [2.05, 4.69) is 22.0 Å². The van der Waals surface area contributed by atoms with Crippen LogP contribution in [-0.2, 0) is 12.8 Å². The number of fused-ring (bicyclic) bond motifs is 1. The predicted octanol–water partition coefficient (Wildman–Crippen LogP) is 3.14. The van der Waals surface area contributed by atoms with Crippen molar-refractivity contribution in [1.29, 1.82) is 0 Å². The van der Waals surface area contributed by atoms with Gasteiger partial charge in [-0.2, -0.15) is 0 Å². The Hall–Kier alpha value is -0.630. The molecule has 0 bridgehead atoms. The molecule has 0 amide bonds. The molecule has 1 aliphatic carbocycles. The molecule has 0 atom stereocenters. The lowest BCUT2D eigenvalue weighted by Crippen LogP contribution is -2.03. The minimum absolute atomic E-state index is 0.778. The van der Waals surface area contributed by atoms with E-state index >= 15 is 0 Å². The monoisotopic (exact) mass is 238 g/mol. The van der Waals surface area contributed by atoms with Gasteiger partial charge in [0.25, 0.3) is 0 Å². The second-order valence-corrected chi connectivity index (χ2v) is 4.32. The molecule has 2 heteroatoms. The summed E-state index contributed by atoms with van der Waals surface area (Å²) in [6.07, 6.45) is 5.74. The maximum atomic E-state index is 10.7. The maximum Gasteiger partial charge on any atom is 0.151 e. The number of rotatable bonds is 1. The molecule has 0 aliphatic heterocycles. The van der Waals surface area contributed by atoms with Crippen LogP contribution in [0.4, 0.5) is 0 Å². The fourth-order valence-corrected chi connectivity index (χ4v) is 2.35. The first-order chi connectivity index (χ1) is 6.31. The minimum Gasteiger partial charge on any atom is -0.298 e. The third kappa shape index (κ3) is 1.68. The summed E-state index contributed by atoms with van der Waals surface area (Å²) in [7, 11) is 0. The van der Waals surface area contributed by atoms with E-state index in [1.54, 1.807) is 0 Å². The lowest BCUT2D eigenvalue weighted by atomic mass is 9.91. The van der Waals surface area contributed by atoms with Gasteiger partial charge in [0.05, 0.1) is 0 Å². The highest BCUT2D eigenvalue weighted by molar-refractivity contribution is 9.10. The molecule has 0 saturated carbocycles. The minimum atomic E-state index is 0.778. The van der Waals surface area contributed by atoms with Crippen molar-refractivity contribution in [2.24, 2.45) is 0 Å². The van der Waals surface area contributed by atoms with Crippen LogP contribution >= 0.6 is 15.9 Å². The summed E-state index contributed by atoms with van der Waals surface area (Å²) in [4.78, 5) is 10.7. The number of hydrogen-bond acceptors (Lipinski definition) is 1.